The van der Waals surface area contributed by atoms with Gasteiger partial charge in [-0.1, -0.05) is 91.4 Å². The first-order valence-corrected chi connectivity index (χ1v) is 13.2. The van der Waals surface area contributed by atoms with Gasteiger partial charge in [-0.25, -0.2) is 9.97 Å². The molecule has 0 aliphatic heterocycles. The van der Waals surface area contributed by atoms with E-state index in [2.05, 4.69) is 42.9 Å². The minimum atomic E-state index is 0.793. The summed E-state index contributed by atoms with van der Waals surface area (Å²) < 4.78 is 5.91. The Hall–Kier alpha value is -1.90. The highest BCUT2D eigenvalue weighted by Crippen LogP contribution is 2.20. The quantitative estimate of drug-likeness (QED) is 0.218. The predicted octanol–water partition coefficient (Wildman–Crippen LogP) is 8.81. The largest absolute Gasteiger partial charge is 0.494 e. The van der Waals surface area contributed by atoms with Gasteiger partial charge in [-0.05, 0) is 55.0 Å². The van der Waals surface area contributed by atoms with Crippen LogP contribution in [-0.4, -0.2) is 16.6 Å². The Bertz CT molecular complexity index is 694. The van der Waals surface area contributed by atoms with Gasteiger partial charge in [-0.3, -0.25) is 0 Å². The van der Waals surface area contributed by atoms with Crippen LogP contribution in [0.4, 0.5) is 0 Å². The normalized spacial score (nSPS) is 11.2. The lowest BCUT2D eigenvalue weighted by Gasteiger charge is -2.08. The fourth-order valence-electron chi connectivity index (χ4n) is 3.99. The topological polar surface area (TPSA) is 35.0 Å². The number of aryl methyl sites for hydroxylation is 1. The second-order valence-electron chi connectivity index (χ2n) is 9.61. The molecule has 0 unspecified atom stereocenters. The van der Waals surface area contributed by atoms with Crippen molar-refractivity contribution in [2.24, 2.45) is 5.92 Å². The number of rotatable bonds is 18. The monoisotopic (exact) mass is 438 g/mol. The Morgan fingerprint density at radius 3 is 1.97 bits per heavy atom. The third-order valence-corrected chi connectivity index (χ3v) is 6.08. The van der Waals surface area contributed by atoms with E-state index >= 15 is 0 Å². The first kappa shape index (κ1) is 26.4. The highest BCUT2D eigenvalue weighted by Gasteiger charge is 2.03. The summed E-state index contributed by atoms with van der Waals surface area (Å²) in [6, 6.07) is 8.20. The van der Waals surface area contributed by atoms with Gasteiger partial charge in [0.05, 0.1) is 6.61 Å². The van der Waals surface area contributed by atoms with E-state index in [1.54, 1.807) is 0 Å². The van der Waals surface area contributed by atoms with E-state index in [1.165, 1.54) is 82.6 Å². The Balaban J connectivity index is 1.61. The van der Waals surface area contributed by atoms with Crippen LogP contribution < -0.4 is 4.74 Å². The molecular weight excluding hydrogens is 392 g/mol. The average Bonchev–Trinajstić information content (AvgIpc) is 2.81. The molecule has 2 rings (SSSR count). The lowest BCUT2D eigenvalue weighted by Crippen LogP contribution is -1.98. The lowest BCUT2D eigenvalue weighted by molar-refractivity contribution is 0.304. The number of unbranched alkanes of at least 4 members (excludes halogenated alkanes) is 10. The molecule has 1 aromatic heterocycles. The highest BCUT2D eigenvalue weighted by atomic mass is 16.5. The van der Waals surface area contributed by atoms with Crippen LogP contribution in [0.15, 0.2) is 36.7 Å². The average molecular weight is 439 g/mol. The van der Waals surface area contributed by atoms with Gasteiger partial charge in [0.15, 0.2) is 5.82 Å². The van der Waals surface area contributed by atoms with Crippen molar-refractivity contribution in [3.8, 4) is 17.1 Å². The molecule has 2 aromatic rings. The van der Waals surface area contributed by atoms with Crippen molar-refractivity contribution >= 4 is 0 Å². The van der Waals surface area contributed by atoms with E-state index in [0.717, 1.165) is 42.5 Å². The maximum absolute atomic E-state index is 5.91. The van der Waals surface area contributed by atoms with Gasteiger partial charge in [0, 0.05) is 18.0 Å². The van der Waals surface area contributed by atoms with Gasteiger partial charge in [0.1, 0.15) is 5.75 Å². The zero-order valence-electron chi connectivity index (χ0n) is 21.0. The van der Waals surface area contributed by atoms with Crippen LogP contribution in [0.2, 0.25) is 0 Å². The summed E-state index contributed by atoms with van der Waals surface area (Å²) >= 11 is 0. The zero-order chi connectivity index (χ0) is 22.9. The molecule has 0 spiro atoms. The van der Waals surface area contributed by atoms with E-state index in [-0.39, 0.29) is 0 Å². The third-order valence-electron chi connectivity index (χ3n) is 6.08. The van der Waals surface area contributed by atoms with Crippen molar-refractivity contribution in [2.75, 3.05) is 6.61 Å². The summed E-state index contributed by atoms with van der Waals surface area (Å²) in [5, 5.41) is 0. The van der Waals surface area contributed by atoms with Crippen LogP contribution in [0.5, 0.6) is 5.75 Å². The van der Waals surface area contributed by atoms with E-state index in [9.17, 15) is 0 Å². The SMILES string of the molecule is CCCCCCCCCc1cnc(-c2ccc(OCCCCCCCC(C)C)cc2)nc1. The number of nitrogens with zero attached hydrogens (tertiary/aromatic N) is 2. The van der Waals surface area contributed by atoms with Crippen molar-refractivity contribution in [1.82, 2.24) is 9.97 Å². The fourth-order valence-corrected chi connectivity index (χ4v) is 3.99. The van der Waals surface area contributed by atoms with Crippen LogP contribution in [0, 0.1) is 5.92 Å². The summed E-state index contributed by atoms with van der Waals surface area (Å²) in [6.07, 6.45) is 22.2. The van der Waals surface area contributed by atoms with E-state index < -0.39 is 0 Å². The molecule has 1 heterocycles. The first-order valence-electron chi connectivity index (χ1n) is 13.2. The first-order chi connectivity index (χ1) is 15.7. The second kappa shape index (κ2) is 16.7. The third kappa shape index (κ3) is 11.6. The number of benzene rings is 1. The number of ether oxygens (including phenoxy) is 1. The van der Waals surface area contributed by atoms with Crippen molar-refractivity contribution in [3.63, 3.8) is 0 Å². The smallest absolute Gasteiger partial charge is 0.159 e. The summed E-state index contributed by atoms with van der Waals surface area (Å²) in [6.45, 7) is 7.67. The molecule has 32 heavy (non-hydrogen) atoms. The molecule has 0 radical (unpaired) electrons. The number of aromatic nitrogens is 2. The van der Waals surface area contributed by atoms with Crippen molar-refractivity contribution in [1.29, 1.82) is 0 Å². The number of hydrogen-bond donors (Lipinski definition) is 0. The minimum absolute atomic E-state index is 0.793. The Morgan fingerprint density at radius 1 is 0.719 bits per heavy atom. The van der Waals surface area contributed by atoms with Gasteiger partial charge in [0.25, 0.3) is 0 Å². The maximum atomic E-state index is 5.91. The van der Waals surface area contributed by atoms with E-state index in [1.807, 2.05) is 24.5 Å². The minimum Gasteiger partial charge on any atom is -0.494 e. The van der Waals surface area contributed by atoms with Gasteiger partial charge in [-0.15, -0.1) is 0 Å². The summed E-state index contributed by atoms with van der Waals surface area (Å²) in [4.78, 5) is 9.18. The molecule has 0 aliphatic carbocycles. The van der Waals surface area contributed by atoms with Gasteiger partial charge >= 0.3 is 0 Å². The highest BCUT2D eigenvalue weighted by molar-refractivity contribution is 5.55. The van der Waals surface area contributed by atoms with Crippen molar-refractivity contribution < 1.29 is 4.74 Å². The molecule has 0 aliphatic rings. The molecule has 1 aromatic carbocycles. The fraction of sp³-hybridized carbons (Fsp3) is 0.655. The van der Waals surface area contributed by atoms with E-state index in [0.29, 0.717) is 0 Å². The van der Waals surface area contributed by atoms with Crippen LogP contribution in [-0.2, 0) is 6.42 Å². The molecule has 0 N–H and O–H groups in total. The van der Waals surface area contributed by atoms with Gasteiger partial charge < -0.3 is 4.74 Å². The van der Waals surface area contributed by atoms with Crippen LogP contribution >= 0.6 is 0 Å². The van der Waals surface area contributed by atoms with Crippen LogP contribution in [0.1, 0.15) is 110 Å². The van der Waals surface area contributed by atoms with E-state index in [4.69, 9.17) is 4.74 Å². The number of hydrogen-bond acceptors (Lipinski definition) is 3. The standard InChI is InChI=1S/C29H46N2O/c1-4-5-6-7-8-11-14-17-26-23-30-29(31-24-26)27-18-20-28(21-19-27)32-22-15-12-9-10-13-16-25(2)3/h18-21,23-25H,4-17,22H2,1-3H3. The van der Waals surface area contributed by atoms with Crippen molar-refractivity contribution in [2.45, 2.75) is 111 Å². The molecule has 3 heteroatoms. The molecule has 0 amide bonds. The Kier molecular flexibility index (Phi) is 13.7. The summed E-state index contributed by atoms with van der Waals surface area (Å²) in [5.74, 6) is 2.56. The summed E-state index contributed by atoms with van der Waals surface area (Å²) in [7, 11) is 0. The Labute approximate surface area is 197 Å². The molecule has 0 saturated heterocycles. The van der Waals surface area contributed by atoms with Crippen molar-refractivity contribution in [3.05, 3.63) is 42.2 Å². The molecule has 0 fully saturated rings. The van der Waals surface area contributed by atoms with Crippen LogP contribution in [0.3, 0.4) is 0 Å². The molecule has 0 atom stereocenters. The summed E-state index contributed by atoms with van der Waals surface area (Å²) in [5.41, 5.74) is 2.29. The Morgan fingerprint density at radius 2 is 1.31 bits per heavy atom. The van der Waals surface area contributed by atoms with Crippen LogP contribution in [0.25, 0.3) is 11.4 Å². The lowest BCUT2D eigenvalue weighted by atomic mass is 10.0. The molecule has 0 saturated carbocycles. The molecular formula is C29H46N2O. The second-order valence-corrected chi connectivity index (χ2v) is 9.61. The predicted molar refractivity (Wildman–Crippen MR) is 137 cm³/mol. The molecule has 0 bridgehead atoms. The zero-order valence-corrected chi connectivity index (χ0v) is 21.0. The maximum Gasteiger partial charge on any atom is 0.159 e. The van der Waals surface area contributed by atoms with Gasteiger partial charge in [0.2, 0.25) is 0 Å². The van der Waals surface area contributed by atoms with Gasteiger partial charge in [-0.2, -0.15) is 0 Å². The molecule has 178 valence electrons. The molecule has 3 nitrogen and oxygen atoms in total.